The van der Waals surface area contributed by atoms with Crippen molar-refractivity contribution >= 4 is 29.5 Å². The van der Waals surface area contributed by atoms with Crippen LogP contribution in [-0.2, 0) is 16.1 Å². The Kier molecular flexibility index (Phi) is 5.91. The average molecular weight is 355 g/mol. The van der Waals surface area contributed by atoms with Crippen molar-refractivity contribution in [2.75, 3.05) is 6.61 Å². The fraction of sp³-hybridized carbons (Fsp3) is 0.133. The number of urea groups is 1. The van der Waals surface area contributed by atoms with E-state index in [0.29, 0.717) is 5.76 Å². The third-order valence-corrected chi connectivity index (χ3v) is 3.05. The third kappa shape index (κ3) is 5.10. The molecular formula is C15H12ClFN2O5. The number of imide groups is 1. The summed E-state index contributed by atoms with van der Waals surface area (Å²) < 4.78 is 22.6. The van der Waals surface area contributed by atoms with Crippen molar-refractivity contribution in [1.82, 2.24) is 10.6 Å². The van der Waals surface area contributed by atoms with Crippen LogP contribution in [0.15, 0.2) is 41.0 Å². The molecule has 0 atom stereocenters. The van der Waals surface area contributed by atoms with Gasteiger partial charge in [-0.2, -0.15) is 0 Å². The predicted octanol–water partition coefficient (Wildman–Crippen LogP) is 2.25. The van der Waals surface area contributed by atoms with Crippen molar-refractivity contribution in [3.8, 4) is 0 Å². The van der Waals surface area contributed by atoms with Crippen LogP contribution in [0.1, 0.15) is 16.1 Å². The van der Waals surface area contributed by atoms with Crippen molar-refractivity contribution < 1.29 is 27.9 Å². The molecule has 9 heteroatoms. The SMILES string of the molecule is O=C(COC(=O)c1ccc(F)cc1Cl)NC(=O)NCc1ccco1. The van der Waals surface area contributed by atoms with Gasteiger partial charge in [-0.05, 0) is 30.3 Å². The Bertz CT molecular complexity index is 748. The van der Waals surface area contributed by atoms with Crippen LogP contribution in [0.25, 0.3) is 0 Å². The highest BCUT2D eigenvalue weighted by Crippen LogP contribution is 2.18. The van der Waals surface area contributed by atoms with Gasteiger partial charge >= 0.3 is 12.0 Å². The van der Waals surface area contributed by atoms with Gasteiger partial charge in [-0.1, -0.05) is 11.6 Å². The maximum atomic E-state index is 12.9. The van der Waals surface area contributed by atoms with Crippen LogP contribution in [0, 0.1) is 5.82 Å². The highest BCUT2D eigenvalue weighted by atomic mass is 35.5. The Balaban J connectivity index is 1.75. The Hall–Kier alpha value is -2.87. The first kappa shape index (κ1) is 17.5. The second-order valence-corrected chi connectivity index (χ2v) is 4.92. The van der Waals surface area contributed by atoms with E-state index in [-0.39, 0.29) is 17.1 Å². The Morgan fingerprint density at radius 1 is 1.25 bits per heavy atom. The standard InChI is InChI=1S/C15H12ClFN2O5/c16-12-6-9(17)3-4-11(12)14(21)24-8-13(20)19-15(22)18-7-10-2-1-5-23-10/h1-6H,7-8H2,(H2,18,19,20,22). The first-order chi connectivity index (χ1) is 11.5. The normalized spacial score (nSPS) is 10.1. The van der Waals surface area contributed by atoms with E-state index < -0.39 is 30.3 Å². The topological polar surface area (TPSA) is 97.6 Å². The zero-order valence-electron chi connectivity index (χ0n) is 12.2. The molecule has 0 saturated heterocycles. The monoisotopic (exact) mass is 354 g/mol. The summed E-state index contributed by atoms with van der Waals surface area (Å²) in [6.45, 7) is -0.599. The van der Waals surface area contributed by atoms with Gasteiger partial charge in [-0.3, -0.25) is 10.1 Å². The number of furan rings is 1. The van der Waals surface area contributed by atoms with E-state index in [1.54, 1.807) is 12.1 Å². The Labute approximate surface area is 140 Å². The van der Waals surface area contributed by atoms with E-state index in [1.807, 2.05) is 5.32 Å². The van der Waals surface area contributed by atoms with Crippen LogP contribution in [0.4, 0.5) is 9.18 Å². The minimum atomic E-state index is -0.911. The number of halogens is 2. The van der Waals surface area contributed by atoms with Gasteiger partial charge in [0.2, 0.25) is 0 Å². The number of nitrogens with one attached hydrogen (secondary N) is 2. The third-order valence-electron chi connectivity index (χ3n) is 2.74. The quantitative estimate of drug-likeness (QED) is 0.803. The number of ether oxygens (including phenoxy) is 1. The van der Waals surface area contributed by atoms with Crippen LogP contribution in [-0.4, -0.2) is 24.5 Å². The molecular weight excluding hydrogens is 343 g/mol. The number of hydrogen-bond donors (Lipinski definition) is 2. The van der Waals surface area contributed by atoms with Crippen LogP contribution in [0.2, 0.25) is 5.02 Å². The number of esters is 1. The summed E-state index contributed by atoms with van der Waals surface area (Å²) in [6.07, 6.45) is 1.44. The molecule has 2 aromatic rings. The van der Waals surface area contributed by atoms with Gasteiger partial charge in [0.1, 0.15) is 11.6 Å². The van der Waals surface area contributed by atoms with Crippen molar-refractivity contribution in [2.45, 2.75) is 6.54 Å². The van der Waals surface area contributed by atoms with Crippen molar-refractivity contribution in [2.24, 2.45) is 0 Å². The molecule has 0 spiro atoms. The molecule has 2 N–H and O–H groups in total. The highest BCUT2D eigenvalue weighted by Gasteiger charge is 2.15. The molecule has 126 valence electrons. The minimum Gasteiger partial charge on any atom is -0.467 e. The Morgan fingerprint density at radius 2 is 2.04 bits per heavy atom. The lowest BCUT2D eigenvalue weighted by Gasteiger charge is -2.07. The van der Waals surface area contributed by atoms with Gasteiger partial charge in [-0.25, -0.2) is 14.0 Å². The molecule has 0 unspecified atom stereocenters. The maximum absolute atomic E-state index is 12.9. The smallest absolute Gasteiger partial charge is 0.340 e. The fourth-order valence-corrected chi connectivity index (χ4v) is 1.90. The number of carbonyl (C=O) groups is 3. The number of benzene rings is 1. The molecule has 7 nitrogen and oxygen atoms in total. The van der Waals surface area contributed by atoms with Gasteiger partial charge in [0.15, 0.2) is 6.61 Å². The molecule has 2 rings (SSSR count). The number of rotatable bonds is 5. The summed E-state index contributed by atoms with van der Waals surface area (Å²) >= 11 is 5.70. The molecule has 0 saturated carbocycles. The van der Waals surface area contributed by atoms with E-state index in [9.17, 15) is 18.8 Å². The first-order valence-electron chi connectivity index (χ1n) is 6.68. The molecule has 1 aromatic heterocycles. The number of carbonyl (C=O) groups excluding carboxylic acids is 3. The molecule has 1 aromatic carbocycles. The minimum absolute atomic E-state index is 0.0897. The summed E-state index contributed by atoms with van der Waals surface area (Å²) in [7, 11) is 0. The summed E-state index contributed by atoms with van der Waals surface area (Å²) in [4.78, 5) is 34.7. The molecule has 0 fully saturated rings. The first-order valence-corrected chi connectivity index (χ1v) is 7.05. The van der Waals surface area contributed by atoms with Gasteiger partial charge in [0, 0.05) is 0 Å². The zero-order chi connectivity index (χ0) is 17.5. The van der Waals surface area contributed by atoms with E-state index in [0.717, 1.165) is 18.2 Å². The highest BCUT2D eigenvalue weighted by molar-refractivity contribution is 6.33. The lowest BCUT2D eigenvalue weighted by molar-refractivity contribution is -0.123. The van der Waals surface area contributed by atoms with E-state index >= 15 is 0 Å². The van der Waals surface area contributed by atoms with Crippen molar-refractivity contribution in [3.63, 3.8) is 0 Å². The largest absolute Gasteiger partial charge is 0.467 e. The second kappa shape index (κ2) is 8.11. The zero-order valence-corrected chi connectivity index (χ0v) is 12.9. The van der Waals surface area contributed by atoms with Crippen molar-refractivity contribution in [1.29, 1.82) is 0 Å². The summed E-state index contributed by atoms with van der Waals surface area (Å²) in [5.74, 6) is -1.85. The van der Waals surface area contributed by atoms with Crippen LogP contribution in [0.5, 0.6) is 0 Å². The van der Waals surface area contributed by atoms with Crippen LogP contribution in [0.3, 0.4) is 0 Å². The lowest BCUT2D eigenvalue weighted by atomic mass is 10.2. The molecule has 1 heterocycles. The molecule has 0 aliphatic rings. The number of amides is 3. The molecule has 0 aliphatic heterocycles. The molecule has 0 aliphatic carbocycles. The van der Waals surface area contributed by atoms with Gasteiger partial charge in [0.25, 0.3) is 5.91 Å². The summed E-state index contributed by atoms with van der Waals surface area (Å²) in [5.41, 5.74) is -0.0897. The Morgan fingerprint density at radius 3 is 2.71 bits per heavy atom. The average Bonchev–Trinajstić information content (AvgIpc) is 3.04. The van der Waals surface area contributed by atoms with Crippen molar-refractivity contribution in [3.05, 3.63) is 58.8 Å². The second-order valence-electron chi connectivity index (χ2n) is 4.51. The van der Waals surface area contributed by atoms with E-state index in [4.69, 9.17) is 20.8 Å². The summed E-state index contributed by atoms with van der Waals surface area (Å²) in [6, 6.07) is 5.64. The van der Waals surface area contributed by atoms with Crippen LogP contribution < -0.4 is 10.6 Å². The molecule has 0 bridgehead atoms. The maximum Gasteiger partial charge on any atom is 0.340 e. The fourth-order valence-electron chi connectivity index (χ4n) is 1.65. The molecule has 0 radical (unpaired) electrons. The number of hydrogen-bond acceptors (Lipinski definition) is 5. The lowest BCUT2D eigenvalue weighted by Crippen LogP contribution is -2.41. The molecule has 24 heavy (non-hydrogen) atoms. The summed E-state index contributed by atoms with van der Waals surface area (Å²) in [5, 5.41) is 4.21. The van der Waals surface area contributed by atoms with E-state index in [1.165, 1.54) is 6.26 Å². The van der Waals surface area contributed by atoms with Crippen LogP contribution >= 0.6 is 11.6 Å². The predicted molar refractivity (Wildman–Crippen MR) is 80.8 cm³/mol. The van der Waals surface area contributed by atoms with Gasteiger partial charge in [-0.15, -0.1) is 0 Å². The molecule has 3 amide bonds. The van der Waals surface area contributed by atoms with Gasteiger partial charge < -0.3 is 14.5 Å². The van der Waals surface area contributed by atoms with Gasteiger partial charge in [0.05, 0.1) is 23.4 Å². The van der Waals surface area contributed by atoms with E-state index in [2.05, 4.69) is 5.32 Å².